The predicted octanol–water partition coefficient (Wildman–Crippen LogP) is 2.42. The van der Waals surface area contributed by atoms with Gasteiger partial charge in [-0.05, 0) is 45.3 Å². The number of hydrogen-bond donors (Lipinski definition) is 2. The van der Waals surface area contributed by atoms with Gasteiger partial charge in [-0.3, -0.25) is 14.7 Å². The third-order valence-corrected chi connectivity index (χ3v) is 5.38. The highest BCUT2D eigenvalue weighted by atomic mass is 35.5. The SMILES string of the molecule is CCOC(=O)c1[nH]c(=O)[nH]c1CN1CCC(C(C)=O)(c2ccccc2)CC1.Cl. The molecule has 28 heavy (non-hydrogen) atoms. The van der Waals surface area contributed by atoms with E-state index in [0.717, 1.165) is 5.56 Å². The first kappa shape index (κ1) is 21.9. The number of esters is 1. The van der Waals surface area contributed by atoms with E-state index in [1.54, 1.807) is 13.8 Å². The molecule has 0 unspecified atom stereocenters. The van der Waals surface area contributed by atoms with E-state index in [2.05, 4.69) is 14.9 Å². The Kier molecular flexibility index (Phi) is 7.21. The maximum atomic E-state index is 12.5. The first-order valence-electron chi connectivity index (χ1n) is 9.23. The summed E-state index contributed by atoms with van der Waals surface area (Å²) in [5.74, 6) is -0.360. The van der Waals surface area contributed by atoms with Crippen molar-refractivity contribution in [3.05, 3.63) is 57.8 Å². The van der Waals surface area contributed by atoms with Gasteiger partial charge in [-0.1, -0.05) is 30.3 Å². The number of carbonyl (C=O) groups is 2. The third-order valence-electron chi connectivity index (χ3n) is 5.38. The van der Waals surface area contributed by atoms with Gasteiger partial charge >= 0.3 is 11.7 Å². The van der Waals surface area contributed by atoms with Gasteiger partial charge in [-0.15, -0.1) is 12.4 Å². The monoisotopic (exact) mass is 407 g/mol. The summed E-state index contributed by atoms with van der Waals surface area (Å²) >= 11 is 0. The third kappa shape index (κ3) is 4.36. The number of aromatic amines is 2. The number of rotatable bonds is 6. The Morgan fingerprint density at radius 1 is 1.14 bits per heavy atom. The van der Waals surface area contributed by atoms with E-state index in [4.69, 9.17) is 4.74 Å². The lowest BCUT2D eigenvalue weighted by Gasteiger charge is -2.40. The first-order valence-corrected chi connectivity index (χ1v) is 9.23. The van der Waals surface area contributed by atoms with Crippen LogP contribution in [-0.2, 0) is 21.5 Å². The van der Waals surface area contributed by atoms with E-state index < -0.39 is 17.1 Å². The summed E-state index contributed by atoms with van der Waals surface area (Å²) in [6.07, 6.45) is 1.41. The van der Waals surface area contributed by atoms with Crippen molar-refractivity contribution in [3.8, 4) is 0 Å². The fourth-order valence-electron chi connectivity index (χ4n) is 3.83. The molecular formula is C20H26ClN3O4. The van der Waals surface area contributed by atoms with Gasteiger partial charge in [0.05, 0.1) is 17.7 Å². The second-order valence-electron chi connectivity index (χ2n) is 6.93. The number of ether oxygens (including phenoxy) is 1. The highest BCUT2D eigenvalue weighted by Gasteiger charge is 2.40. The van der Waals surface area contributed by atoms with Crippen molar-refractivity contribution < 1.29 is 14.3 Å². The largest absolute Gasteiger partial charge is 0.461 e. The zero-order chi connectivity index (χ0) is 19.4. The molecule has 3 rings (SSSR count). The van der Waals surface area contributed by atoms with Crippen LogP contribution in [0, 0.1) is 0 Å². The van der Waals surface area contributed by atoms with Crippen LogP contribution in [0.5, 0.6) is 0 Å². The molecule has 2 aromatic rings. The highest BCUT2D eigenvalue weighted by Crippen LogP contribution is 2.36. The van der Waals surface area contributed by atoms with Crippen LogP contribution in [0.3, 0.4) is 0 Å². The summed E-state index contributed by atoms with van der Waals surface area (Å²) in [6, 6.07) is 9.90. The molecule has 0 radical (unpaired) electrons. The summed E-state index contributed by atoms with van der Waals surface area (Å²) in [4.78, 5) is 43.5. The maximum absolute atomic E-state index is 12.5. The zero-order valence-electron chi connectivity index (χ0n) is 16.1. The standard InChI is InChI=1S/C20H25N3O4.ClH/c1-3-27-18(25)17-16(21-19(26)22-17)13-23-11-9-20(10-12-23,14(2)24)15-7-5-4-6-8-15;/h4-8H,3,9-13H2,1-2H3,(H2,21,22,26);1H. The number of piperidine rings is 1. The Hall–Kier alpha value is -2.38. The van der Waals surface area contributed by atoms with Gasteiger partial charge in [-0.2, -0.15) is 0 Å². The van der Waals surface area contributed by atoms with Crippen LogP contribution >= 0.6 is 12.4 Å². The Balaban J connectivity index is 0.00000280. The Morgan fingerprint density at radius 2 is 1.79 bits per heavy atom. The normalized spacial score (nSPS) is 16.2. The van der Waals surface area contributed by atoms with Gasteiger partial charge in [0.2, 0.25) is 0 Å². The van der Waals surface area contributed by atoms with Crippen molar-refractivity contribution in [2.45, 2.75) is 38.6 Å². The molecular weight excluding hydrogens is 382 g/mol. The van der Waals surface area contributed by atoms with Gasteiger partial charge < -0.3 is 9.72 Å². The molecule has 1 aliphatic rings. The molecule has 8 heteroatoms. The van der Waals surface area contributed by atoms with Crippen molar-refractivity contribution >= 4 is 24.2 Å². The minimum atomic E-state index is -0.537. The van der Waals surface area contributed by atoms with Crippen molar-refractivity contribution in [1.82, 2.24) is 14.9 Å². The van der Waals surface area contributed by atoms with Crippen molar-refractivity contribution in [3.63, 3.8) is 0 Å². The lowest BCUT2D eigenvalue weighted by molar-refractivity contribution is -0.124. The molecule has 0 aliphatic carbocycles. The number of benzene rings is 1. The van der Waals surface area contributed by atoms with Crippen LogP contribution < -0.4 is 5.69 Å². The van der Waals surface area contributed by atoms with Crippen molar-refractivity contribution in [2.24, 2.45) is 0 Å². The van der Waals surface area contributed by atoms with Gasteiger partial charge in [0.15, 0.2) is 0 Å². The lowest BCUT2D eigenvalue weighted by atomic mass is 9.70. The van der Waals surface area contributed by atoms with Gasteiger partial charge in [0.1, 0.15) is 11.5 Å². The molecule has 152 valence electrons. The quantitative estimate of drug-likeness (QED) is 0.717. The minimum Gasteiger partial charge on any atom is -0.461 e. The number of H-pyrrole nitrogens is 2. The number of Topliss-reactive ketones (excluding diaryl/α,β-unsaturated/α-hetero) is 1. The van der Waals surface area contributed by atoms with Crippen LogP contribution in [0.15, 0.2) is 35.1 Å². The molecule has 1 saturated heterocycles. The molecule has 2 N–H and O–H groups in total. The number of halogens is 1. The summed E-state index contributed by atoms with van der Waals surface area (Å²) < 4.78 is 5.00. The van der Waals surface area contributed by atoms with E-state index in [1.165, 1.54) is 0 Å². The van der Waals surface area contributed by atoms with Crippen LogP contribution in [0.2, 0.25) is 0 Å². The van der Waals surface area contributed by atoms with E-state index >= 15 is 0 Å². The number of likely N-dealkylation sites (tertiary alicyclic amines) is 1. The molecule has 0 amide bonds. The molecule has 1 aromatic carbocycles. The van der Waals surface area contributed by atoms with Gasteiger partial charge in [-0.25, -0.2) is 9.59 Å². The second kappa shape index (κ2) is 9.21. The summed E-state index contributed by atoms with van der Waals surface area (Å²) in [7, 11) is 0. The number of hydrogen-bond acceptors (Lipinski definition) is 5. The van der Waals surface area contributed by atoms with Crippen molar-refractivity contribution in [1.29, 1.82) is 0 Å². The predicted molar refractivity (Wildman–Crippen MR) is 108 cm³/mol. The van der Waals surface area contributed by atoms with Gasteiger partial charge in [0, 0.05) is 6.54 Å². The average Bonchev–Trinajstić information content (AvgIpc) is 3.03. The van der Waals surface area contributed by atoms with Crippen LogP contribution in [-0.4, -0.2) is 46.3 Å². The van der Waals surface area contributed by atoms with Crippen molar-refractivity contribution in [2.75, 3.05) is 19.7 Å². The Bertz CT molecular complexity index is 867. The van der Waals surface area contributed by atoms with E-state index in [1.807, 2.05) is 30.3 Å². The first-order chi connectivity index (χ1) is 13.0. The van der Waals surface area contributed by atoms with Crippen LogP contribution in [0.1, 0.15) is 48.4 Å². The van der Waals surface area contributed by atoms with Crippen LogP contribution in [0.4, 0.5) is 0 Å². The molecule has 2 heterocycles. The van der Waals surface area contributed by atoms with Gasteiger partial charge in [0.25, 0.3) is 0 Å². The maximum Gasteiger partial charge on any atom is 0.356 e. The highest BCUT2D eigenvalue weighted by molar-refractivity contribution is 5.89. The zero-order valence-corrected chi connectivity index (χ0v) is 16.9. The molecule has 0 bridgehead atoms. The van der Waals surface area contributed by atoms with E-state index in [9.17, 15) is 14.4 Å². The van der Waals surface area contributed by atoms with E-state index in [-0.39, 0.29) is 30.5 Å². The summed E-state index contributed by atoms with van der Waals surface area (Å²) in [5, 5.41) is 0. The fraction of sp³-hybridized carbons (Fsp3) is 0.450. The minimum absolute atomic E-state index is 0. The molecule has 1 aliphatic heterocycles. The average molecular weight is 408 g/mol. The lowest BCUT2D eigenvalue weighted by Crippen LogP contribution is -2.46. The Labute approximate surface area is 169 Å². The summed E-state index contributed by atoms with van der Waals surface area (Å²) in [6.45, 7) is 5.44. The smallest absolute Gasteiger partial charge is 0.356 e. The number of nitrogens with one attached hydrogen (secondary N) is 2. The van der Waals surface area contributed by atoms with Crippen LogP contribution in [0.25, 0.3) is 0 Å². The fourth-order valence-corrected chi connectivity index (χ4v) is 3.83. The molecule has 1 fully saturated rings. The molecule has 0 atom stereocenters. The summed E-state index contributed by atoms with van der Waals surface area (Å²) in [5.41, 5.74) is 0.862. The molecule has 1 aromatic heterocycles. The second-order valence-corrected chi connectivity index (χ2v) is 6.93. The number of ketones is 1. The molecule has 0 spiro atoms. The molecule has 0 saturated carbocycles. The number of nitrogens with zero attached hydrogens (tertiary/aromatic N) is 1. The number of aromatic nitrogens is 2. The number of imidazole rings is 1. The number of carbonyl (C=O) groups excluding carboxylic acids is 2. The molecule has 7 nitrogen and oxygen atoms in total. The Morgan fingerprint density at radius 3 is 2.36 bits per heavy atom. The topological polar surface area (TPSA) is 95.3 Å². The van der Waals surface area contributed by atoms with E-state index in [0.29, 0.717) is 38.2 Å².